The summed E-state index contributed by atoms with van der Waals surface area (Å²) in [4.78, 5) is 19.2. The average Bonchev–Trinajstić information content (AvgIpc) is 2.85. The summed E-state index contributed by atoms with van der Waals surface area (Å²) in [6.07, 6.45) is 1.65. The number of amides is 1. The molecule has 108 valence electrons. The maximum atomic E-state index is 12.0. The fourth-order valence-corrected chi connectivity index (χ4v) is 2.24. The second-order valence-corrected chi connectivity index (χ2v) is 5.56. The molecule has 2 rings (SSSR count). The molecule has 2 aromatic rings. The van der Waals surface area contributed by atoms with Gasteiger partial charge >= 0.3 is 0 Å². The Hall–Kier alpha value is -1.44. The van der Waals surface area contributed by atoms with Crippen molar-refractivity contribution in [1.29, 1.82) is 0 Å². The molecule has 1 amide bonds. The number of aromatic nitrogens is 2. The van der Waals surface area contributed by atoms with Crippen molar-refractivity contribution < 1.29 is 4.79 Å². The van der Waals surface area contributed by atoms with Crippen LogP contribution in [0.25, 0.3) is 11.0 Å². The Morgan fingerprint density at radius 1 is 1.50 bits per heavy atom. The van der Waals surface area contributed by atoms with Crippen LogP contribution < -0.4 is 16.8 Å². The lowest BCUT2D eigenvalue weighted by atomic mass is 10.1. The predicted molar refractivity (Wildman–Crippen MR) is 82.4 cm³/mol. The van der Waals surface area contributed by atoms with E-state index in [0.29, 0.717) is 18.9 Å². The van der Waals surface area contributed by atoms with Gasteiger partial charge in [-0.05, 0) is 37.6 Å². The molecule has 0 aliphatic carbocycles. The number of hydrogen-bond acceptors (Lipinski definition) is 4. The highest BCUT2D eigenvalue weighted by Crippen LogP contribution is 2.17. The van der Waals surface area contributed by atoms with Gasteiger partial charge in [0.15, 0.2) is 5.82 Å². The minimum atomic E-state index is -0.250. The number of carbonyl (C=O) groups excluding carboxylic acids is 1. The molecule has 1 aromatic carbocycles. The molecule has 0 saturated heterocycles. The van der Waals surface area contributed by atoms with Crippen molar-refractivity contribution >= 4 is 32.9 Å². The first-order chi connectivity index (χ1) is 9.60. The van der Waals surface area contributed by atoms with Crippen LogP contribution in [0.4, 0.5) is 0 Å². The smallest absolute Gasteiger partial charge is 0.287 e. The van der Waals surface area contributed by atoms with E-state index in [-0.39, 0.29) is 11.9 Å². The van der Waals surface area contributed by atoms with Gasteiger partial charge < -0.3 is 21.8 Å². The Kier molecular flexibility index (Phi) is 5.11. The average molecular weight is 340 g/mol. The van der Waals surface area contributed by atoms with Gasteiger partial charge in [0, 0.05) is 17.1 Å². The van der Waals surface area contributed by atoms with Crippen LogP contribution in [-0.2, 0) is 0 Å². The van der Waals surface area contributed by atoms with E-state index in [0.717, 1.165) is 28.3 Å². The Bertz CT molecular complexity index is 597. The van der Waals surface area contributed by atoms with Crippen molar-refractivity contribution in [2.75, 3.05) is 13.1 Å². The van der Waals surface area contributed by atoms with Crippen LogP contribution in [0.2, 0.25) is 0 Å². The first-order valence-electron chi connectivity index (χ1n) is 6.49. The van der Waals surface area contributed by atoms with Gasteiger partial charge in [-0.1, -0.05) is 15.9 Å². The third-order valence-electron chi connectivity index (χ3n) is 2.96. The molecular formula is C13H18BrN5O. The van der Waals surface area contributed by atoms with Gasteiger partial charge in [0.1, 0.15) is 0 Å². The van der Waals surface area contributed by atoms with Crippen LogP contribution in [0.1, 0.15) is 23.5 Å². The second-order valence-electron chi connectivity index (χ2n) is 4.65. The third-order valence-corrected chi connectivity index (χ3v) is 3.46. The number of nitrogens with zero attached hydrogens (tertiary/aromatic N) is 1. The molecule has 20 heavy (non-hydrogen) atoms. The van der Waals surface area contributed by atoms with Crippen molar-refractivity contribution in [3.63, 3.8) is 0 Å². The van der Waals surface area contributed by atoms with E-state index in [1.165, 1.54) is 0 Å². The molecule has 1 heterocycles. The number of nitrogens with two attached hydrogens (primary N) is 2. The zero-order valence-electron chi connectivity index (χ0n) is 11.0. The number of aromatic amines is 1. The molecule has 0 aliphatic rings. The number of rotatable bonds is 6. The topological polar surface area (TPSA) is 110 Å². The summed E-state index contributed by atoms with van der Waals surface area (Å²) in [6, 6.07) is 5.53. The van der Waals surface area contributed by atoms with Gasteiger partial charge in [0.05, 0.1) is 11.0 Å². The molecule has 1 aromatic heterocycles. The van der Waals surface area contributed by atoms with Crippen molar-refractivity contribution in [2.45, 2.75) is 18.9 Å². The van der Waals surface area contributed by atoms with Gasteiger partial charge in [-0.25, -0.2) is 4.98 Å². The third kappa shape index (κ3) is 3.78. The fraction of sp³-hybridized carbons (Fsp3) is 0.385. The SMILES string of the molecule is NCCCC(N)CNC(=O)c1nc2ccc(Br)cc2[nH]1. The minimum Gasteiger partial charge on any atom is -0.348 e. The number of carbonyl (C=O) groups is 1. The van der Waals surface area contributed by atoms with E-state index >= 15 is 0 Å². The lowest BCUT2D eigenvalue weighted by Gasteiger charge is -2.11. The quantitative estimate of drug-likeness (QED) is 0.632. The number of fused-ring (bicyclic) bond motifs is 1. The molecule has 1 atom stereocenters. The van der Waals surface area contributed by atoms with Crippen LogP contribution in [0, 0.1) is 0 Å². The molecule has 0 aliphatic heterocycles. The summed E-state index contributed by atoms with van der Waals surface area (Å²) >= 11 is 3.38. The maximum Gasteiger partial charge on any atom is 0.287 e. The fourth-order valence-electron chi connectivity index (χ4n) is 1.88. The monoisotopic (exact) mass is 339 g/mol. The second kappa shape index (κ2) is 6.83. The van der Waals surface area contributed by atoms with Crippen LogP contribution in [0.3, 0.4) is 0 Å². The molecule has 6 N–H and O–H groups in total. The highest BCUT2D eigenvalue weighted by Gasteiger charge is 2.12. The standard InChI is InChI=1S/C13H18BrN5O/c14-8-3-4-10-11(6-8)19-12(18-10)13(20)17-7-9(16)2-1-5-15/h3-4,6,9H,1-2,5,7,15-16H2,(H,17,20)(H,18,19). The molecule has 0 saturated carbocycles. The van der Waals surface area contributed by atoms with Crippen LogP contribution >= 0.6 is 15.9 Å². The molecule has 6 nitrogen and oxygen atoms in total. The number of hydrogen-bond donors (Lipinski definition) is 4. The highest BCUT2D eigenvalue weighted by atomic mass is 79.9. The molecular weight excluding hydrogens is 322 g/mol. The summed E-state index contributed by atoms with van der Waals surface area (Å²) < 4.78 is 0.935. The molecule has 0 fully saturated rings. The number of H-pyrrole nitrogens is 1. The first-order valence-corrected chi connectivity index (χ1v) is 7.28. The Labute approximate surface area is 125 Å². The predicted octanol–water partition coefficient (Wildman–Crippen LogP) is 1.12. The van der Waals surface area contributed by atoms with Gasteiger partial charge in [-0.15, -0.1) is 0 Å². The maximum absolute atomic E-state index is 12.0. The number of halogens is 1. The number of benzene rings is 1. The normalized spacial score (nSPS) is 12.6. The van der Waals surface area contributed by atoms with Gasteiger partial charge in [0.2, 0.25) is 0 Å². The summed E-state index contributed by atoms with van der Waals surface area (Å²) in [7, 11) is 0. The highest BCUT2D eigenvalue weighted by molar-refractivity contribution is 9.10. The number of nitrogens with one attached hydrogen (secondary N) is 2. The summed E-state index contributed by atoms with van der Waals surface area (Å²) in [5.74, 6) is 0.0460. The Morgan fingerprint density at radius 2 is 2.30 bits per heavy atom. The molecule has 0 bridgehead atoms. The van der Waals surface area contributed by atoms with E-state index in [2.05, 4.69) is 31.2 Å². The summed E-state index contributed by atoms with van der Waals surface area (Å²) in [5, 5.41) is 2.77. The van der Waals surface area contributed by atoms with E-state index < -0.39 is 0 Å². The lowest BCUT2D eigenvalue weighted by molar-refractivity contribution is 0.0941. The lowest BCUT2D eigenvalue weighted by Crippen LogP contribution is -2.37. The largest absolute Gasteiger partial charge is 0.348 e. The van der Waals surface area contributed by atoms with Crippen molar-refractivity contribution in [1.82, 2.24) is 15.3 Å². The van der Waals surface area contributed by atoms with Crippen molar-refractivity contribution in [3.05, 3.63) is 28.5 Å². The molecule has 7 heteroatoms. The minimum absolute atomic E-state index is 0.0824. The Balaban J connectivity index is 1.97. The summed E-state index contributed by atoms with van der Waals surface area (Å²) in [5.41, 5.74) is 12.9. The van der Waals surface area contributed by atoms with Gasteiger partial charge in [-0.2, -0.15) is 0 Å². The zero-order chi connectivity index (χ0) is 14.5. The zero-order valence-corrected chi connectivity index (χ0v) is 12.6. The molecule has 0 radical (unpaired) electrons. The first kappa shape index (κ1) is 15.0. The van der Waals surface area contributed by atoms with E-state index in [9.17, 15) is 4.79 Å². The van der Waals surface area contributed by atoms with Gasteiger partial charge in [0.25, 0.3) is 5.91 Å². The van der Waals surface area contributed by atoms with E-state index in [1.54, 1.807) is 0 Å². The Morgan fingerprint density at radius 3 is 3.05 bits per heavy atom. The summed E-state index contributed by atoms with van der Waals surface area (Å²) in [6.45, 7) is 1.03. The van der Waals surface area contributed by atoms with Crippen LogP contribution in [0.5, 0.6) is 0 Å². The number of imidazole rings is 1. The van der Waals surface area contributed by atoms with Crippen LogP contribution in [-0.4, -0.2) is 35.0 Å². The van der Waals surface area contributed by atoms with Crippen molar-refractivity contribution in [3.8, 4) is 0 Å². The molecule has 1 unspecified atom stereocenters. The molecule has 0 spiro atoms. The van der Waals surface area contributed by atoms with E-state index in [1.807, 2.05) is 18.2 Å². The van der Waals surface area contributed by atoms with Gasteiger partial charge in [-0.3, -0.25) is 4.79 Å². The van der Waals surface area contributed by atoms with E-state index in [4.69, 9.17) is 11.5 Å². The van der Waals surface area contributed by atoms with Crippen molar-refractivity contribution in [2.24, 2.45) is 11.5 Å². The van der Waals surface area contributed by atoms with Crippen LogP contribution in [0.15, 0.2) is 22.7 Å².